The van der Waals surface area contributed by atoms with E-state index >= 15 is 0 Å². The van der Waals surface area contributed by atoms with Crippen molar-refractivity contribution in [3.63, 3.8) is 0 Å². The molecule has 0 bridgehead atoms. The summed E-state index contributed by atoms with van der Waals surface area (Å²) in [4.78, 5) is 8.43. The van der Waals surface area contributed by atoms with Crippen LogP contribution in [0.2, 0.25) is 0 Å². The number of rotatable bonds is 4. The van der Waals surface area contributed by atoms with Crippen LogP contribution in [0.1, 0.15) is 19.8 Å². The van der Waals surface area contributed by atoms with Crippen LogP contribution in [0.15, 0.2) is 12.3 Å². The number of thioether (sulfide) groups is 1. The van der Waals surface area contributed by atoms with E-state index in [1.165, 1.54) is 18.6 Å². The van der Waals surface area contributed by atoms with Crippen molar-refractivity contribution in [2.75, 3.05) is 30.0 Å². The second-order valence-corrected chi connectivity index (χ2v) is 5.95. The van der Waals surface area contributed by atoms with E-state index < -0.39 is 0 Å². The highest BCUT2D eigenvalue weighted by Crippen LogP contribution is 2.37. The van der Waals surface area contributed by atoms with Crippen molar-refractivity contribution in [1.82, 2.24) is 9.97 Å². The summed E-state index contributed by atoms with van der Waals surface area (Å²) in [6, 6.07) is 1.91. The molecule has 2 N–H and O–H groups in total. The highest BCUT2D eigenvalue weighted by atomic mass is 32.2. The summed E-state index contributed by atoms with van der Waals surface area (Å²) in [5, 5.41) is 6.33. The van der Waals surface area contributed by atoms with Gasteiger partial charge in [0.05, 0.1) is 0 Å². The Balaban J connectivity index is 1.93. The summed E-state index contributed by atoms with van der Waals surface area (Å²) in [5.41, 5.74) is 0. The molecule has 16 heavy (non-hydrogen) atoms. The highest BCUT2D eigenvalue weighted by Gasteiger charge is 2.29. The molecule has 1 aliphatic rings. The third-order valence-electron chi connectivity index (χ3n) is 2.82. The standard InChI is InChI=1S/C11H18N4S/c1-11(5-3-7-16-11)8-14-9-4-6-13-10(12-2)15-9/h4,6H,3,5,7-8H2,1-2H3,(H2,12,13,14,15). The van der Waals surface area contributed by atoms with Gasteiger partial charge in [0.15, 0.2) is 0 Å². The van der Waals surface area contributed by atoms with Crippen molar-refractivity contribution in [3.8, 4) is 0 Å². The Morgan fingerprint density at radius 3 is 3.12 bits per heavy atom. The van der Waals surface area contributed by atoms with E-state index in [0.29, 0.717) is 10.7 Å². The zero-order valence-electron chi connectivity index (χ0n) is 9.79. The maximum atomic E-state index is 4.34. The number of nitrogens with zero attached hydrogens (tertiary/aromatic N) is 2. The molecule has 0 spiro atoms. The van der Waals surface area contributed by atoms with Crippen molar-refractivity contribution in [1.29, 1.82) is 0 Å². The van der Waals surface area contributed by atoms with Gasteiger partial charge in [-0.15, -0.1) is 0 Å². The van der Waals surface area contributed by atoms with E-state index in [4.69, 9.17) is 0 Å². The second-order valence-electron chi connectivity index (χ2n) is 4.27. The molecule has 1 saturated heterocycles. The van der Waals surface area contributed by atoms with Crippen LogP contribution in [-0.2, 0) is 0 Å². The number of nitrogens with one attached hydrogen (secondary N) is 2. The van der Waals surface area contributed by atoms with Gasteiger partial charge in [-0.05, 0) is 31.6 Å². The molecule has 0 radical (unpaired) electrons. The van der Waals surface area contributed by atoms with Crippen molar-refractivity contribution in [3.05, 3.63) is 12.3 Å². The topological polar surface area (TPSA) is 49.8 Å². The van der Waals surface area contributed by atoms with Crippen LogP contribution < -0.4 is 10.6 Å². The quantitative estimate of drug-likeness (QED) is 0.842. The largest absolute Gasteiger partial charge is 0.369 e. The summed E-state index contributed by atoms with van der Waals surface area (Å²) in [5.74, 6) is 2.84. The lowest BCUT2D eigenvalue weighted by atomic mass is 10.1. The minimum absolute atomic E-state index is 0.366. The van der Waals surface area contributed by atoms with Gasteiger partial charge < -0.3 is 10.6 Å². The van der Waals surface area contributed by atoms with Gasteiger partial charge in [0, 0.05) is 24.5 Å². The van der Waals surface area contributed by atoms with Crippen LogP contribution in [0.5, 0.6) is 0 Å². The average molecular weight is 238 g/mol. The lowest BCUT2D eigenvalue weighted by molar-refractivity contribution is 0.633. The Labute approximate surface area is 101 Å². The highest BCUT2D eigenvalue weighted by molar-refractivity contribution is 8.00. The normalized spacial score (nSPS) is 24.4. The Kier molecular flexibility index (Phi) is 3.53. The first kappa shape index (κ1) is 11.5. The molecule has 1 fully saturated rings. The molecule has 1 unspecified atom stereocenters. The molecule has 0 aromatic carbocycles. The molecule has 4 nitrogen and oxygen atoms in total. The molecule has 0 saturated carbocycles. The van der Waals surface area contributed by atoms with Crippen LogP contribution in [0.4, 0.5) is 11.8 Å². The lowest BCUT2D eigenvalue weighted by Crippen LogP contribution is -2.27. The summed E-state index contributed by atoms with van der Waals surface area (Å²) < 4.78 is 0.366. The van der Waals surface area contributed by atoms with Gasteiger partial charge in [-0.25, -0.2) is 4.98 Å². The Bertz CT molecular complexity index is 350. The Hall–Kier alpha value is -0.970. The van der Waals surface area contributed by atoms with Gasteiger partial charge in [-0.1, -0.05) is 0 Å². The van der Waals surface area contributed by atoms with E-state index in [2.05, 4.69) is 39.3 Å². The van der Waals surface area contributed by atoms with Gasteiger partial charge in [-0.3, -0.25) is 0 Å². The maximum absolute atomic E-state index is 4.34. The second kappa shape index (κ2) is 4.91. The fraction of sp³-hybridized carbons (Fsp3) is 0.636. The van der Waals surface area contributed by atoms with Gasteiger partial charge in [0.1, 0.15) is 5.82 Å². The lowest BCUT2D eigenvalue weighted by Gasteiger charge is -2.23. The van der Waals surface area contributed by atoms with Crippen LogP contribution >= 0.6 is 11.8 Å². The Morgan fingerprint density at radius 2 is 2.44 bits per heavy atom. The molecular weight excluding hydrogens is 220 g/mol. The van der Waals surface area contributed by atoms with Crippen LogP contribution in [-0.4, -0.2) is 34.1 Å². The average Bonchev–Trinajstić information content (AvgIpc) is 2.75. The minimum atomic E-state index is 0.366. The molecule has 5 heteroatoms. The minimum Gasteiger partial charge on any atom is -0.369 e. The van der Waals surface area contributed by atoms with E-state index in [-0.39, 0.29) is 0 Å². The van der Waals surface area contributed by atoms with Crippen LogP contribution in [0.3, 0.4) is 0 Å². The van der Waals surface area contributed by atoms with E-state index in [1.807, 2.05) is 13.1 Å². The van der Waals surface area contributed by atoms with Crippen molar-refractivity contribution < 1.29 is 0 Å². The van der Waals surface area contributed by atoms with Crippen molar-refractivity contribution >= 4 is 23.5 Å². The molecule has 1 aliphatic heterocycles. The molecule has 1 atom stereocenters. The number of aromatic nitrogens is 2. The first-order valence-corrected chi connectivity index (χ1v) is 6.59. The summed E-state index contributed by atoms with van der Waals surface area (Å²) in [6.45, 7) is 3.29. The molecule has 1 aromatic rings. The molecule has 0 aliphatic carbocycles. The van der Waals surface area contributed by atoms with Crippen LogP contribution in [0, 0.1) is 0 Å². The zero-order valence-corrected chi connectivity index (χ0v) is 10.6. The third-order valence-corrected chi connectivity index (χ3v) is 4.36. The first-order chi connectivity index (χ1) is 7.72. The van der Waals surface area contributed by atoms with Gasteiger partial charge in [0.2, 0.25) is 5.95 Å². The summed E-state index contributed by atoms with van der Waals surface area (Å²) in [7, 11) is 1.83. The molecular formula is C11H18N4S. The predicted molar refractivity (Wildman–Crippen MR) is 70.2 cm³/mol. The molecule has 2 rings (SSSR count). The SMILES string of the molecule is CNc1nccc(NCC2(C)CCCS2)n1. The molecule has 0 amide bonds. The number of hydrogen-bond donors (Lipinski definition) is 2. The van der Waals surface area contributed by atoms with Gasteiger partial charge in [0.25, 0.3) is 0 Å². The zero-order chi connectivity index (χ0) is 11.4. The molecule has 2 heterocycles. The van der Waals surface area contributed by atoms with Crippen LogP contribution in [0.25, 0.3) is 0 Å². The third kappa shape index (κ3) is 2.78. The number of hydrogen-bond acceptors (Lipinski definition) is 5. The number of anilines is 2. The fourth-order valence-electron chi connectivity index (χ4n) is 1.83. The Morgan fingerprint density at radius 1 is 1.56 bits per heavy atom. The first-order valence-electron chi connectivity index (χ1n) is 5.60. The van der Waals surface area contributed by atoms with E-state index in [0.717, 1.165) is 12.4 Å². The smallest absolute Gasteiger partial charge is 0.224 e. The molecule has 88 valence electrons. The predicted octanol–water partition coefficient (Wildman–Crippen LogP) is 2.22. The monoisotopic (exact) mass is 238 g/mol. The van der Waals surface area contributed by atoms with Crippen molar-refractivity contribution in [2.45, 2.75) is 24.5 Å². The maximum Gasteiger partial charge on any atom is 0.224 e. The summed E-state index contributed by atoms with van der Waals surface area (Å²) >= 11 is 2.05. The molecule has 1 aromatic heterocycles. The van der Waals surface area contributed by atoms with Gasteiger partial charge >= 0.3 is 0 Å². The summed E-state index contributed by atoms with van der Waals surface area (Å²) in [6.07, 6.45) is 4.38. The van der Waals surface area contributed by atoms with Crippen molar-refractivity contribution in [2.24, 2.45) is 0 Å². The van der Waals surface area contributed by atoms with E-state index in [1.54, 1.807) is 6.20 Å². The van der Waals surface area contributed by atoms with Gasteiger partial charge in [-0.2, -0.15) is 16.7 Å². The fourth-order valence-corrected chi connectivity index (χ4v) is 3.08. The van der Waals surface area contributed by atoms with E-state index in [9.17, 15) is 0 Å².